The standard InChI is InChI=1S/C13H28N2/c1-5-8-12-9-6-7-10-15(12)11-13(2,3)14-4/h12,14H,5-11H2,1-4H3. The number of nitrogens with one attached hydrogen (secondary N) is 1. The van der Waals surface area contributed by atoms with E-state index < -0.39 is 0 Å². The van der Waals surface area contributed by atoms with Gasteiger partial charge in [-0.05, 0) is 46.7 Å². The van der Waals surface area contributed by atoms with Gasteiger partial charge in [-0.2, -0.15) is 0 Å². The summed E-state index contributed by atoms with van der Waals surface area (Å²) in [4.78, 5) is 2.70. The third kappa shape index (κ3) is 4.12. The molecule has 1 aliphatic rings. The first kappa shape index (κ1) is 13.0. The van der Waals surface area contributed by atoms with Gasteiger partial charge in [-0.15, -0.1) is 0 Å². The van der Waals surface area contributed by atoms with Crippen molar-refractivity contribution in [1.82, 2.24) is 10.2 Å². The third-order valence-electron chi connectivity index (χ3n) is 3.65. The number of piperidine rings is 1. The van der Waals surface area contributed by atoms with Crippen LogP contribution >= 0.6 is 0 Å². The van der Waals surface area contributed by atoms with Crippen LogP contribution in [0.2, 0.25) is 0 Å². The zero-order chi connectivity index (χ0) is 11.3. The molecule has 1 saturated heterocycles. The van der Waals surface area contributed by atoms with E-state index in [1.807, 2.05) is 0 Å². The summed E-state index contributed by atoms with van der Waals surface area (Å²) in [6.07, 6.45) is 6.93. The maximum Gasteiger partial charge on any atom is 0.0249 e. The summed E-state index contributed by atoms with van der Waals surface area (Å²) in [5, 5.41) is 3.41. The molecule has 1 N–H and O–H groups in total. The quantitative estimate of drug-likeness (QED) is 0.753. The molecule has 0 spiro atoms. The van der Waals surface area contributed by atoms with Crippen molar-refractivity contribution in [3.8, 4) is 0 Å². The van der Waals surface area contributed by atoms with Crippen molar-refractivity contribution in [2.45, 2.75) is 64.5 Å². The predicted molar refractivity (Wildman–Crippen MR) is 67.3 cm³/mol. The van der Waals surface area contributed by atoms with Gasteiger partial charge in [0.2, 0.25) is 0 Å². The first-order valence-electron chi connectivity index (χ1n) is 6.52. The van der Waals surface area contributed by atoms with Crippen LogP contribution < -0.4 is 5.32 Å². The minimum atomic E-state index is 0.253. The van der Waals surface area contributed by atoms with E-state index in [0.29, 0.717) is 0 Å². The number of likely N-dealkylation sites (tertiary alicyclic amines) is 1. The molecule has 1 heterocycles. The van der Waals surface area contributed by atoms with Gasteiger partial charge in [0.25, 0.3) is 0 Å². The van der Waals surface area contributed by atoms with Gasteiger partial charge >= 0.3 is 0 Å². The van der Waals surface area contributed by atoms with Crippen LogP contribution in [-0.4, -0.2) is 36.6 Å². The smallest absolute Gasteiger partial charge is 0.0249 e. The molecule has 1 fully saturated rings. The van der Waals surface area contributed by atoms with Crippen molar-refractivity contribution in [1.29, 1.82) is 0 Å². The Hall–Kier alpha value is -0.0800. The molecular formula is C13H28N2. The molecule has 15 heavy (non-hydrogen) atoms. The van der Waals surface area contributed by atoms with Crippen molar-refractivity contribution in [2.75, 3.05) is 20.1 Å². The van der Waals surface area contributed by atoms with E-state index in [0.717, 1.165) is 6.04 Å². The minimum absolute atomic E-state index is 0.253. The summed E-state index contributed by atoms with van der Waals surface area (Å²) in [7, 11) is 2.07. The van der Waals surface area contributed by atoms with Gasteiger partial charge in [0, 0.05) is 18.1 Å². The molecule has 1 aliphatic heterocycles. The Labute approximate surface area is 95.4 Å². The van der Waals surface area contributed by atoms with E-state index in [4.69, 9.17) is 0 Å². The van der Waals surface area contributed by atoms with E-state index in [-0.39, 0.29) is 5.54 Å². The minimum Gasteiger partial charge on any atom is -0.314 e. The second kappa shape index (κ2) is 5.86. The van der Waals surface area contributed by atoms with Crippen molar-refractivity contribution in [2.24, 2.45) is 0 Å². The summed E-state index contributed by atoms with van der Waals surface area (Å²) in [6, 6.07) is 0.844. The van der Waals surface area contributed by atoms with Crippen LogP contribution in [0.15, 0.2) is 0 Å². The molecule has 1 rings (SSSR count). The second-order valence-corrected chi connectivity index (χ2v) is 5.54. The molecule has 0 saturated carbocycles. The summed E-state index contributed by atoms with van der Waals surface area (Å²) in [5.41, 5.74) is 0.253. The van der Waals surface area contributed by atoms with Crippen LogP contribution in [0.25, 0.3) is 0 Å². The fourth-order valence-corrected chi connectivity index (χ4v) is 2.52. The fourth-order valence-electron chi connectivity index (χ4n) is 2.52. The van der Waals surface area contributed by atoms with Gasteiger partial charge in [0.15, 0.2) is 0 Å². The molecule has 1 atom stereocenters. The van der Waals surface area contributed by atoms with E-state index in [2.05, 4.69) is 38.0 Å². The number of nitrogens with zero attached hydrogens (tertiary/aromatic N) is 1. The average Bonchev–Trinajstić information content (AvgIpc) is 2.21. The molecule has 2 nitrogen and oxygen atoms in total. The molecule has 2 heteroatoms. The first-order valence-corrected chi connectivity index (χ1v) is 6.52. The Bertz CT molecular complexity index is 175. The van der Waals surface area contributed by atoms with Crippen molar-refractivity contribution >= 4 is 0 Å². The molecule has 0 aromatic heterocycles. The van der Waals surface area contributed by atoms with E-state index >= 15 is 0 Å². The highest BCUT2D eigenvalue weighted by Gasteiger charge is 2.26. The summed E-state index contributed by atoms with van der Waals surface area (Å²) in [5.74, 6) is 0. The van der Waals surface area contributed by atoms with Gasteiger partial charge in [-0.1, -0.05) is 19.8 Å². The molecule has 90 valence electrons. The number of rotatable bonds is 5. The Morgan fingerprint density at radius 3 is 2.67 bits per heavy atom. The monoisotopic (exact) mass is 212 g/mol. The van der Waals surface area contributed by atoms with Gasteiger partial charge in [-0.25, -0.2) is 0 Å². The van der Waals surface area contributed by atoms with Crippen molar-refractivity contribution in [3.63, 3.8) is 0 Å². The third-order valence-corrected chi connectivity index (χ3v) is 3.65. The molecule has 0 aromatic rings. The SMILES string of the molecule is CCCC1CCCCN1CC(C)(C)NC. The van der Waals surface area contributed by atoms with Gasteiger partial charge in [-0.3, -0.25) is 4.90 Å². The summed E-state index contributed by atoms with van der Waals surface area (Å²) in [6.45, 7) is 9.38. The van der Waals surface area contributed by atoms with Crippen LogP contribution in [0.5, 0.6) is 0 Å². The van der Waals surface area contributed by atoms with Crippen LogP contribution in [0.3, 0.4) is 0 Å². The lowest BCUT2D eigenvalue weighted by Gasteiger charge is -2.40. The zero-order valence-electron chi connectivity index (χ0n) is 11.0. The van der Waals surface area contributed by atoms with E-state index in [9.17, 15) is 0 Å². The Morgan fingerprint density at radius 1 is 1.33 bits per heavy atom. The number of likely N-dealkylation sites (N-methyl/N-ethyl adjacent to an activating group) is 1. The van der Waals surface area contributed by atoms with Crippen molar-refractivity contribution in [3.05, 3.63) is 0 Å². The number of hydrogen-bond acceptors (Lipinski definition) is 2. The predicted octanol–water partition coefficient (Wildman–Crippen LogP) is 2.64. The topological polar surface area (TPSA) is 15.3 Å². The normalized spacial score (nSPS) is 24.4. The highest BCUT2D eigenvalue weighted by molar-refractivity contribution is 4.85. The van der Waals surface area contributed by atoms with Gasteiger partial charge in [0.05, 0.1) is 0 Å². The second-order valence-electron chi connectivity index (χ2n) is 5.54. The van der Waals surface area contributed by atoms with Crippen LogP contribution in [0, 0.1) is 0 Å². The molecule has 0 radical (unpaired) electrons. The Morgan fingerprint density at radius 2 is 2.07 bits per heavy atom. The Balaban J connectivity index is 2.48. The molecular weight excluding hydrogens is 184 g/mol. The maximum absolute atomic E-state index is 3.41. The molecule has 0 amide bonds. The zero-order valence-corrected chi connectivity index (χ0v) is 11.0. The molecule has 0 aliphatic carbocycles. The highest BCUT2D eigenvalue weighted by atomic mass is 15.2. The lowest BCUT2D eigenvalue weighted by molar-refractivity contribution is 0.107. The summed E-state index contributed by atoms with van der Waals surface area (Å²) >= 11 is 0. The van der Waals surface area contributed by atoms with E-state index in [1.54, 1.807) is 0 Å². The first-order chi connectivity index (χ1) is 7.09. The molecule has 0 bridgehead atoms. The highest BCUT2D eigenvalue weighted by Crippen LogP contribution is 2.22. The average molecular weight is 212 g/mol. The number of hydrogen-bond donors (Lipinski definition) is 1. The lowest BCUT2D eigenvalue weighted by Crippen LogP contribution is -2.52. The van der Waals surface area contributed by atoms with Gasteiger partial charge < -0.3 is 5.32 Å². The van der Waals surface area contributed by atoms with Gasteiger partial charge in [0.1, 0.15) is 0 Å². The maximum atomic E-state index is 3.41. The van der Waals surface area contributed by atoms with E-state index in [1.165, 1.54) is 45.2 Å². The summed E-state index contributed by atoms with van der Waals surface area (Å²) < 4.78 is 0. The van der Waals surface area contributed by atoms with Crippen LogP contribution in [-0.2, 0) is 0 Å². The fraction of sp³-hybridized carbons (Fsp3) is 1.00. The molecule has 0 aromatic carbocycles. The molecule has 1 unspecified atom stereocenters. The largest absolute Gasteiger partial charge is 0.314 e. The van der Waals surface area contributed by atoms with Crippen LogP contribution in [0.1, 0.15) is 52.9 Å². The lowest BCUT2D eigenvalue weighted by atomic mass is 9.95. The van der Waals surface area contributed by atoms with Crippen molar-refractivity contribution < 1.29 is 0 Å². The van der Waals surface area contributed by atoms with Crippen LogP contribution in [0.4, 0.5) is 0 Å². The Kier molecular flexibility index (Phi) is 5.07.